The van der Waals surface area contributed by atoms with Gasteiger partial charge in [0.25, 0.3) is 5.56 Å². The molecule has 0 amide bonds. The van der Waals surface area contributed by atoms with Crippen LogP contribution < -0.4 is 10.9 Å². The van der Waals surface area contributed by atoms with Gasteiger partial charge in [-0.1, -0.05) is 18.5 Å². The molecular weight excluding hydrogens is 400 g/mol. The molecule has 3 aromatic rings. The number of pyridine rings is 1. The fourth-order valence-corrected chi connectivity index (χ4v) is 4.06. The van der Waals surface area contributed by atoms with Gasteiger partial charge in [0.2, 0.25) is 5.95 Å². The highest BCUT2D eigenvalue weighted by Crippen LogP contribution is 2.24. The van der Waals surface area contributed by atoms with E-state index >= 15 is 0 Å². The number of rotatable bonds is 5. The van der Waals surface area contributed by atoms with Gasteiger partial charge in [-0.05, 0) is 50.6 Å². The fourth-order valence-electron chi connectivity index (χ4n) is 2.88. The summed E-state index contributed by atoms with van der Waals surface area (Å²) in [5, 5.41) is 3.87. The Morgan fingerprint density at radius 1 is 1.25 bits per heavy atom. The van der Waals surface area contributed by atoms with Crippen molar-refractivity contribution in [3.05, 3.63) is 51.4 Å². The zero-order valence-corrected chi connectivity index (χ0v) is 17.6. The molecule has 3 rings (SSSR count). The lowest BCUT2D eigenvalue weighted by molar-refractivity contribution is 0.595. The number of aromatic nitrogens is 3. The average Bonchev–Trinajstić information content (AvgIpc) is 2.64. The molecule has 0 saturated heterocycles. The number of nitrogens with zero attached hydrogens (tertiary/aromatic N) is 3. The van der Waals surface area contributed by atoms with Crippen LogP contribution >= 0.6 is 11.6 Å². The van der Waals surface area contributed by atoms with E-state index in [0.29, 0.717) is 22.7 Å². The Balaban J connectivity index is 2.05. The number of hydrogen-bond donors (Lipinski definition) is 1. The van der Waals surface area contributed by atoms with E-state index in [1.165, 1.54) is 4.57 Å². The van der Waals surface area contributed by atoms with Crippen molar-refractivity contribution in [2.45, 2.75) is 38.6 Å². The summed E-state index contributed by atoms with van der Waals surface area (Å²) in [6.45, 7) is 7.18. The first-order chi connectivity index (χ1) is 13.1. The Labute approximate surface area is 168 Å². The minimum Gasteiger partial charge on any atom is -0.324 e. The van der Waals surface area contributed by atoms with Crippen LogP contribution in [0.5, 0.6) is 0 Å². The van der Waals surface area contributed by atoms with Crippen molar-refractivity contribution in [3.63, 3.8) is 0 Å². The summed E-state index contributed by atoms with van der Waals surface area (Å²) >= 11 is 6.04. The standard InChI is InChI=1S/C19H21ClN4O3S/c1-5-28(26,27)14-6-7-16(12(4)8-14)22-19-21-10-13-9-15(20)18(25)24(11(2)3)17(13)23-19/h6-11H,5H2,1-4H3,(H,21,22,23). The van der Waals surface area contributed by atoms with Crippen LogP contribution in [0.3, 0.4) is 0 Å². The average molecular weight is 421 g/mol. The summed E-state index contributed by atoms with van der Waals surface area (Å²) in [5.41, 5.74) is 1.60. The molecule has 0 aliphatic rings. The molecule has 0 aliphatic heterocycles. The van der Waals surface area contributed by atoms with E-state index < -0.39 is 9.84 Å². The van der Waals surface area contributed by atoms with Crippen LogP contribution in [0, 0.1) is 6.92 Å². The quantitative estimate of drug-likeness (QED) is 0.673. The lowest BCUT2D eigenvalue weighted by Gasteiger charge is -2.15. The highest BCUT2D eigenvalue weighted by atomic mass is 35.5. The summed E-state index contributed by atoms with van der Waals surface area (Å²) < 4.78 is 25.6. The normalized spacial score (nSPS) is 11.9. The van der Waals surface area contributed by atoms with E-state index in [-0.39, 0.29) is 27.3 Å². The molecule has 1 N–H and O–H groups in total. The van der Waals surface area contributed by atoms with Gasteiger partial charge in [-0.15, -0.1) is 0 Å². The van der Waals surface area contributed by atoms with Gasteiger partial charge in [0.05, 0.1) is 10.6 Å². The second-order valence-electron chi connectivity index (χ2n) is 6.74. The van der Waals surface area contributed by atoms with Crippen LogP contribution in [-0.2, 0) is 9.84 Å². The fraction of sp³-hybridized carbons (Fsp3) is 0.316. The second-order valence-corrected chi connectivity index (χ2v) is 9.42. The summed E-state index contributed by atoms with van der Waals surface area (Å²) in [7, 11) is -3.27. The van der Waals surface area contributed by atoms with Gasteiger partial charge in [0.15, 0.2) is 9.84 Å². The SMILES string of the molecule is CCS(=O)(=O)c1ccc(Nc2ncc3cc(Cl)c(=O)n(C(C)C)c3n2)c(C)c1. The van der Waals surface area contributed by atoms with Crippen molar-refractivity contribution in [1.29, 1.82) is 0 Å². The van der Waals surface area contributed by atoms with Crippen molar-refractivity contribution in [1.82, 2.24) is 14.5 Å². The molecule has 0 atom stereocenters. The van der Waals surface area contributed by atoms with Gasteiger partial charge in [0, 0.05) is 23.3 Å². The molecule has 0 bridgehead atoms. The highest BCUT2D eigenvalue weighted by molar-refractivity contribution is 7.91. The van der Waals surface area contributed by atoms with Gasteiger partial charge in [-0.2, -0.15) is 4.98 Å². The third-order valence-electron chi connectivity index (χ3n) is 4.43. The van der Waals surface area contributed by atoms with Gasteiger partial charge >= 0.3 is 0 Å². The van der Waals surface area contributed by atoms with Gasteiger partial charge in [-0.3, -0.25) is 9.36 Å². The van der Waals surface area contributed by atoms with Crippen molar-refractivity contribution in [2.75, 3.05) is 11.1 Å². The monoisotopic (exact) mass is 420 g/mol. The summed E-state index contributed by atoms with van der Waals surface area (Å²) in [6.07, 6.45) is 1.60. The predicted molar refractivity (Wildman–Crippen MR) is 111 cm³/mol. The van der Waals surface area contributed by atoms with Crippen LogP contribution in [0.15, 0.2) is 40.2 Å². The number of anilines is 2. The molecule has 0 saturated carbocycles. The summed E-state index contributed by atoms with van der Waals surface area (Å²) in [4.78, 5) is 21.5. The second kappa shape index (κ2) is 7.52. The van der Waals surface area contributed by atoms with E-state index in [2.05, 4.69) is 15.3 Å². The number of halogens is 1. The number of benzene rings is 1. The van der Waals surface area contributed by atoms with Gasteiger partial charge in [0.1, 0.15) is 10.7 Å². The molecular formula is C19H21ClN4O3S. The molecule has 0 fully saturated rings. The number of hydrogen-bond acceptors (Lipinski definition) is 6. The third kappa shape index (κ3) is 3.74. The third-order valence-corrected chi connectivity index (χ3v) is 6.43. The van der Waals surface area contributed by atoms with E-state index in [1.54, 1.807) is 37.4 Å². The van der Waals surface area contributed by atoms with Gasteiger partial charge < -0.3 is 5.32 Å². The Kier molecular flexibility index (Phi) is 5.45. The topological polar surface area (TPSA) is 94.0 Å². The zero-order valence-electron chi connectivity index (χ0n) is 16.0. The largest absolute Gasteiger partial charge is 0.324 e. The van der Waals surface area contributed by atoms with Crippen molar-refractivity contribution in [2.24, 2.45) is 0 Å². The molecule has 0 aliphatic carbocycles. The van der Waals surface area contributed by atoms with E-state index in [1.807, 2.05) is 20.8 Å². The molecule has 2 aromatic heterocycles. The molecule has 0 unspecified atom stereocenters. The molecule has 28 heavy (non-hydrogen) atoms. The number of nitrogens with one attached hydrogen (secondary N) is 1. The lowest BCUT2D eigenvalue weighted by Crippen LogP contribution is -2.23. The molecule has 0 radical (unpaired) electrons. The van der Waals surface area contributed by atoms with Crippen LogP contribution in [-0.4, -0.2) is 28.7 Å². The number of fused-ring (bicyclic) bond motifs is 1. The smallest absolute Gasteiger partial charge is 0.271 e. The van der Waals surface area contributed by atoms with Crippen molar-refractivity contribution < 1.29 is 8.42 Å². The van der Waals surface area contributed by atoms with Crippen LogP contribution in [0.25, 0.3) is 11.0 Å². The Hall–Kier alpha value is -2.45. The summed E-state index contributed by atoms with van der Waals surface area (Å²) in [5.74, 6) is 0.347. The van der Waals surface area contributed by atoms with E-state index in [4.69, 9.17) is 11.6 Å². The first kappa shape index (κ1) is 20.3. The van der Waals surface area contributed by atoms with Crippen molar-refractivity contribution in [3.8, 4) is 0 Å². The lowest BCUT2D eigenvalue weighted by atomic mass is 10.2. The minimum absolute atomic E-state index is 0.0439. The first-order valence-electron chi connectivity index (χ1n) is 8.82. The molecule has 7 nitrogen and oxygen atoms in total. The number of aryl methyl sites for hydroxylation is 1. The maximum Gasteiger partial charge on any atom is 0.271 e. The highest BCUT2D eigenvalue weighted by Gasteiger charge is 2.15. The van der Waals surface area contributed by atoms with E-state index in [0.717, 1.165) is 5.56 Å². The maximum atomic E-state index is 12.4. The van der Waals surface area contributed by atoms with Crippen LogP contribution in [0.2, 0.25) is 5.02 Å². The minimum atomic E-state index is -3.27. The van der Waals surface area contributed by atoms with Crippen LogP contribution in [0.1, 0.15) is 32.4 Å². The van der Waals surface area contributed by atoms with E-state index in [9.17, 15) is 13.2 Å². The number of sulfone groups is 1. The first-order valence-corrected chi connectivity index (χ1v) is 10.8. The van der Waals surface area contributed by atoms with Gasteiger partial charge in [-0.25, -0.2) is 13.4 Å². The maximum absolute atomic E-state index is 12.4. The molecule has 2 heterocycles. The Morgan fingerprint density at radius 3 is 2.57 bits per heavy atom. The summed E-state index contributed by atoms with van der Waals surface area (Å²) in [6, 6.07) is 6.28. The Morgan fingerprint density at radius 2 is 1.96 bits per heavy atom. The molecule has 9 heteroatoms. The molecule has 1 aromatic carbocycles. The Bertz CT molecular complexity index is 1220. The zero-order chi connectivity index (χ0) is 20.6. The molecule has 0 spiro atoms. The van der Waals surface area contributed by atoms with Crippen LogP contribution in [0.4, 0.5) is 11.6 Å². The molecule has 148 valence electrons. The predicted octanol–water partition coefficient (Wildman–Crippen LogP) is 3.87. The van der Waals surface area contributed by atoms with Crippen molar-refractivity contribution >= 4 is 44.1 Å².